The highest BCUT2D eigenvalue weighted by atomic mass is 35.5. The molecule has 3 heterocycles. The van der Waals surface area contributed by atoms with Crippen molar-refractivity contribution in [2.24, 2.45) is 0 Å². The van der Waals surface area contributed by atoms with E-state index in [1.807, 2.05) is 26.0 Å². The molecule has 0 aliphatic carbocycles. The number of fused-ring (bicyclic) bond motifs is 1. The van der Waals surface area contributed by atoms with E-state index in [0.29, 0.717) is 49.7 Å². The van der Waals surface area contributed by atoms with Crippen LogP contribution in [0.2, 0.25) is 15.1 Å². The summed E-state index contributed by atoms with van der Waals surface area (Å²) in [6.07, 6.45) is 3.84. The van der Waals surface area contributed by atoms with Gasteiger partial charge in [-0.3, -0.25) is 9.78 Å². The maximum atomic E-state index is 12.9. The molecule has 6 nitrogen and oxygen atoms in total. The Kier molecular flexibility index (Phi) is 5.34. The van der Waals surface area contributed by atoms with Gasteiger partial charge in [0, 0.05) is 23.8 Å². The fraction of sp³-hybridized carbons (Fsp3) is 0.200. The number of H-pyrrole nitrogens is 1. The number of hydrogen-bond acceptors (Lipinski definition) is 4. The third kappa shape index (κ3) is 3.75. The molecule has 4 rings (SSSR count). The van der Waals surface area contributed by atoms with Crippen LogP contribution in [0.3, 0.4) is 0 Å². The van der Waals surface area contributed by atoms with E-state index in [1.54, 1.807) is 24.5 Å². The van der Waals surface area contributed by atoms with E-state index in [9.17, 15) is 4.79 Å². The molecule has 1 N–H and O–H groups in total. The zero-order chi connectivity index (χ0) is 20.7. The lowest BCUT2D eigenvalue weighted by Gasteiger charge is -2.09. The fourth-order valence-corrected chi connectivity index (χ4v) is 4.15. The minimum absolute atomic E-state index is 0.00401. The van der Waals surface area contributed by atoms with Crippen molar-refractivity contribution in [1.82, 2.24) is 24.7 Å². The summed E-state index contributed by atoms with van der Waals surface area (Å²) < 4.78 is 1.52. The largest absolute Gasteiger partial charge is 0.310 e. The number of nitrogens with zero attached hydrogens (tertiary/aromatic N) is 4. The van der Waals surface area contributed by atoms with Gasteiger partial charge in [0.15, 0.2) is 5.65 Å². The van der Waals surface area contributed by atoms with Crippen LogP contribution in [-0.2, 0) is 6.42 Å². The predicted octanol–water partition coefficient (Wildman–Crippen LogP) is 5.18. The summed E-state index contributed by atoms with van der Waals surface area (Å²) >= 11 is 18.9. The van der Waals surface area contributed by atoms with Crippen LogP contribution >= 0.6 is 34.8 Å². The summed E-state index contributed by atoms with van der Waals surface area (Å²) in [4.78, 5) is 24.6. The van der Waals surface area contributed by atoms with Gasteiger partial charge in [-0.05, 0) is 29.7 Å². The Labute approximate surface area is 181 Å². The topological polar surface area (TPSA) is 76.5 Å². The van der Waals surface area contributed by atoms with Crippen LogP contribution in [0.15, 0.2) is 41.5 Å². The van der Waals surface area contributed by atoms with Gasteiger partial charge in [0.05, 0.1) is 15.7 Å². The SMILES string of the molecule is CC(C)c1nn(-c2c(Cl)cc(Cl)cc2Cl)c2nc(Cc3cccnc3)[nH]c(=O)c12. The third-order valence-electron chi connectivity index (χ3n) is 4.45. The molecule has 0 fully saturated rings. The number of aromatic amines is 1. The van der Waals surface area contributed by atoms with E-state index in [0.717, 1.165) is 5.56 Å². The third-order valence-corrected chi connectivity index (χ3v) is 5.24. The van der Waals surface area contributed by atoms with Crippen molar-refractivity contribution < 1.29 is 0 Å². The van der Waals surface area contributed by atoms with Crippen LogP contribution in [-0.4, -0.2) is 24.7 Å². The molecule has 148 valence electrons. The van der Waals surface area contributed by atoms with Crippen molar-refractivity contribution in [3.05, 3.63) is 79.2 Å². The summed E-state index contributed by atoms with van der Waals surface area (Å²) in [5, 5.41) is 6.09. The maximum Gasteiger partial charge on any atom is 0.262 e. The molecule has 0 bridgehead atoms. The van der Waals surface area contributed by atoms with Gasteiger partial charge < -0.3 is 4.98 Å². The molecular weight excluding hydrogens is 433 g/mol. The molecule has 29 heavy (non-hydrogen) atoms. The van der Waals surface area contributed by atoms with Crippen molar-refractivity contribution >= 4 is 45.8 Å². The number of rotatable bonds is 4. The first-order chi connectivity index (χ1) is 13.8. The normalized spacial score (nSPS) is 11.5. The highest BCUT2D eigenvalue weighted by Gasteiger charge is 2.22. The molecule has 9 heteroatoms. The van der Waals surface area contributed by atoms with E-state index >= 15 is 0 Å². The second-order valence-corrected chi connectivity index (χ2v) is 8.17. The van der Waals surface area contributed by atoms with Crippen LogP contribution in [0, 0.1) is 0 Å². The molecule has 0 aliphatic rings. The van der Waals surface area contributed by atoms with Gasteiger partial charge >= 0.3 is 0 Å². The fourth-order valence-electron chi connectivity index (χ4n) is 3.17. The Morgan fingerprint density at radius 3 is 2.52 bits per heavy atom. The van der Waals surface area contributed by atoms with Gasteiger partial charge in [-0.15, -0.1) is 0 Å². The van der Waals surface area contributed by atoms with Gasteiger partial charge in [-0.2, -0.15) is 5.10 Å². The van der Waals surface area contributed by atoms with E-state index in [4.69, 9.17) is 34.8 Å². The lowest BCUT2D eigenvalue weighted by Crippen LogP contribution is -2.14. The molecule has 3 aromatic heterocycles. The second kappa shape index (κ2) is 7.78. The number of aromatic nitrogens is 5. The van der Waals surface area contributed by atoms with Crippen LogP contribution in [0.4, 0.5) is 0 Å². The standard InChI is InChI=1S/C20H16Cl3N5O/c1-10(2)17-16-19(28(27-17)18-13(22)7-12(21)8-14(18)23)25-15(26-20(16)29)6-11-4-3-5-24-9-11/h3-5,7-10H,6H2,1-2H3,(H,25,26,29). The zero-order valence-electron chi connectivity index (χ0n) is 15.6. The Balaban J connectivity index is 1.99. The second-order valence-electron chi connectivity index (χ2n) is 6.92. The number of hydrogen-bond donors (Lipinski definition) is 1. The van der Waals surface area contributed by atoms with Crippen LogP contribution in [0.1, 0.15) is 36.8 Å². The zero-order valence-corrected chi connectivity index (χ0v) is 17.8. The van der Waals surface area contributed by atoms with Crippen molar-refractivity contribution in [2.75, 3.05) is 0 Å². The number of pyridine rings is 1. The smallest absolute Gasteiger partial charge is 0.262 e. The highest BCUT2D eigenvalue weighted by molar-refractivity contribution is 6.40. The first-order valence-corrected chi connectivity index (χ1v) is 10.0. The Bertz CT molecular complexity index is 1240. The highest BCUT2D eigenvalue weighted by Crippen LogP contribution is 2.34. The Hall–Kier alpha value is -2.41. The van der Waals surface area contributed by atoms with Crippen molar-refractivity contribution in [3.8, 4) is 5.69 Å². The van der Waals surface area contributed by atoms with Crippen molar-refractivity contribution in [1.29, 1.82) is 0 Å². The molecule has 0 amide bonds. The minimum atomic E-state index is -0.259. The number of nitrogens with one attached hydrogen (secondary N) is 1. The molecule has 0 atom stereocenters. The summed E-state index contributed by atoms with van der Waals surface area (Å²) in [5.74, 6) is 0.490. The molecule has 0 radical (unpaired) electrons. The molecule has 0 spiro atoms. The van der Waals surface area contributed by atoms with Crippen molar-refractivity contribution in [2.45, 2.75) is 26.2 Å². The number of benzene rings is 1. The number of halogens is 3. The Morgan fingerprint density at radius 1 is 1.17 bits per heavy atom. The minimum Gasteiger partial charge on any atom is -0.310 e. The molecule has 0 aliphatic heterocycles. The van der Waals surface area contributed by atoms with Gasteiger partial charge in [0.25, 0.3) is 5.56 Å². The maximum absolute atomic E-state index is 12.9. The molecule has 0 saturated carbocycles. The quantitative estimate of drug-likeness (QED) is 0.467. The first-order valence-electron chi connectivity index (χ1n) is 8.90. The van der Waals surface area contributed by atoms with Crippen LogP contribution < -0.4 is 5.56 Å². The summed E-state index contributed by atoms with van der Waals surface area (Å²) in [5.41, 5.74) is 2.10. The monoisotopic (exact) mass is 447 g/mol. The Morgan fingerprint density at radius 2 is 1.90 bits per heavy atom. The average molecular weight is 449 g/mol. The summed E-state index contributed by atoms with van der Waals surface area (Å²) in [6, 6.07) is 6.91. The van der Waals surface area contributed by atoms with Gasteiger partial charge in [0.1, 0.15) is 16.9 Å². The van der Waals surface area contributed by atoms with Gasteiger partial charge in [-0.25, -0.2) is 9.67 Å². The molecular formula is C20H16Cl3N5O. The van der Waals surface area contributed by atoms with Crippen LogP contribution in [0.25, 0.3) is 16.7 Å². The van der Waals surface area contributed by atoms with Gasteiger partial charge in [-0.1, -0.05) is 54.7 Å². The van der Waals surface area contributed by atoms with Crippen molar-refractivity contribution in [3.63, 3.8) is 0 Å². The molecule has 0 unspecified atom stereocenters. The lowest BCUT2D eigenvalue weighted by atomic mass is 10.1. The predicted molar refractivity (Wildman–Crippen MR) is 116 cm³/mol. The summed E-state index contributed by atoms with van der Waals surface area (Å²) in [6.45, 7) is 3.92. The molecule has 4 aromatic rings. The first kappa shape index (κ1) is 19.9. The van der Waals surface area contributed by atoms with E-state index < -0.39 is 0 Å². The van der Waals surface area contributed by atoms with Crippen LogP contribution in [0.5, 0.6) is 0 Å². The summed E-state index contributed by atoms with van der Waals surface area (Å²) in [7, 11) is 0. The molecule has 1 aromatic carbocycles. The van der Waals surface area contributed by atoms with E-state index in [-0.39, 0.29) is 11.5 Å². The van der Waals surface area contributed by atoms with E-state index in [2.05, 4.69) is 20.1 Å². The van der Waals surface area contributed by atoms with Gasteiger partial charge in [0.2, 0.25) is 0 Å². The molecule has 0 saturated heterocycles. The lowest BCUT2D eigenvalue weighted by molar-refractivity contribution is 0.776. The van der Waals surface area contributed by atoms with E-state index in [1.165, 1.54) is 4.68 Å². The average Bonchev–Trinajstić information content (AvgIpc) is 3.02.